The molecule has 0 saturated carbocycles. The molecule has 0 heterocycles. The molecule has 4 nitrogen and oxygen atoms in total. The zero-order chi connectivity index (χ0) is 15.0. The molecule has 1 aromatic carbocycles. The monoisotopic (exact) mass is 286 g/mol. The summed E-state index contributed by atoms with van der Waals surface area (Å²) >= 11 is 0. The largest absolute Gasteiger partial charge is 0.377 e. The molecule has 0 fully saturated rings. The summed E-state index contributed by atoms with van der Waals surface area (Å²) < 4.78 is 26.5. The highest BCUT2D eigenvalue weighted by molar-refractivity contribution is 5.62. The predicted molar refractivity (Wildman–Crippen MR) is 74.9 cm³/mol. The fourth-order valence-electron chi connectivity index (χ4n) is 2.00. The van der Waals surface area contributed by atoms with Crippen LogP contribution in [0.5, 0.6) is 0 Å². The molecule has 1 N–H and O–H groups in total. The van der Waals surface area contributed by atoms with E-state index in [0.717, 1.165) is 25.3 Å². The van der Waals surface area contributed by atoms with Gasteiger partial charge in [-0.3, -0.25) is 10.1 Å². The lowest BCUT2D eigenvalue weighted by Crippen LogP contribution is -2.07. The molecule has 20 heavy (non-hydrogen) atoms. The Balaban J connectivity index is 2.49. The Hall–Kier alpha value is -1.72. The van der Waals surface area contributed by atoms with Crippen molar-refractivity contribution in [3.8, 4) is 0 Å². The van der Waals surface area contributed by atoms with Crippen LogP contribution in [-0.2, 0) is 0 Å². The summed E-state index contributed by atoms with van der Waals surface area (Å²) in [5.41, 5.74) is -0.793. The van der Waals surface area contributed by atoms with E-state index in [2.05, 4.69) is 12.2 Å². The van der Waals surface area contributed by atoms with Crippen LogP contribution in [-0.4, -0.2) is 11.5 Å². The summed E-state index contributed by atoms with van der Waals surface area (Å²) in [7, 11) is 0. The van der Waals surface area contributed by atoms with Gasteiger partial charge in [-0.05, 0) is 6.42 Å². The Bertz CT molecular complexity index is 453. The van der Waals surface area contributed by atoms with E-state index in [1.54, 1.807) is 0 Å². The Morgan fingerprint density at radius 2 is 1.80 bits per heavy atom. The number of nitrogens with one attached hydrogen (secondary N) is 1. The Labute approximate surface area is 117 Å². The molecule has 0 aliphatic heterocycles. The average molecular weight is 286 g/mol. The van der Waals surface area contributed by atoms with E-state index < -0.39 is 22.2 Å². The van der Waals surface area contributed by atoms with Crippen molar-refractivity contribution in [2.75, 3.05) is 11.9 Å². The number of rotatable bonds is 9. The zero-order valence-corrected chi connectivity index (χ0v) is 11.6. The second-order valence-electron chi connectivity index (χ2n) is 4.73. The van der Waals surface area contributed by atoms with Gasteiger partial charge in [0.2, 0.25) is 0 Å². The van der Waals surface area contributed by atoms with Crippen LogP contribution in [0, 0.1) is 21.7 Å². The van der Waals surface area contributed by atoms with Gasteiger partial charge in [-0.2, -0.15) is 0 Å². The molecule has 0 atom stereocenters. The van der Waals surface area contributed by atoms with Crippen molar-refractivity contribution < 1.29 is 13.7 Å². The lowest BCUT2D eigenvalue weighted by Gasteiger charge is -2.08. The highest BCUT2D eigenvalue weighted by Crippen LogP contribution is 2.28. The maximum Gasteiger partial charge on any atom is 0.298 e. The van der Waals surface area contributed by atoms with Gasteiger partial charge in [-0.15, -0.1) is 0 Å². The number of nitro groups is 1. The highest BCUT2D eigenvalue weighted by Gasteiger charge is 2.19. The van der Waals surface area contributed by atoms with E-state index >= 15 is 0 Å². The first-order chi connectivity index (χ1) is 9.56. The maximum atomic E-state index is 13.5. The highest BCUT2D eigenvalue weighted by atomic mass is 19.1. The molecule has 0 spiro atoms. The molecule has 112 valence electrons. The first kappa shape index (κ1) is 16.3. The molecule has 0 saturated heterocycles. The quantitative estimate of drug-likeness (QED) is 0.408. The van der Waals surface area contributed by atoms with Crippen molar-refractivity contribution in [2.45, 2.75) is 45.4 Å². The van der Waals surface area contributed by atoms with Crippen LogP contribution in [0.15, 0.2) is 12.1 Å². The van der Waals surface area contributed by atoms with Crippen molar-refractivity contribution in [1.82, 2.24) is 0 Å². The third kappa shape index (κ3) is 5.11. The Kier molecular flexibility index (Phi) is 6.90. The van der Waals surface area contributed by atoms with Crippen LogP contribution in [0.1, 0.15) is 45.4 Å². The number of nitro benzene ring substituents is 1. The molecular weight excluding hydrogens is 266 g/mol. The van der Waals surface area contributed by atoms with E-state index in [-0.39, 0.29) is 5.69 Å². The maximum absolute atomic E-state index is 13.5. The SMILES string of the molecule is CCCCCCCCNc1c(F)cc(F)cc1[N+](=O)[O-]. The third-order valence-electron chi connectivity index (χ3n) is 3.06. The molecule has 1 rings (SSSR count). The minimum atomic E-state index is -0.945. The summed E-state index contributed by atoms with van der Waals surface area (Å²) in [5.74, 6) is -1.87. The van der Waals surface area contributed by atoms with Gasteiger partial charge in [0.15, 0.2) is 5.82 Å². The van der Waals surface area contributed by atoms with Gasteiger partial charge >= 0.3 is 0 Å². The molecule has 1 aromatic rings. The van der Waals surface area contributed by atoms with Crippen LogP contribution in [0.2, 0.25) is 0 Å². The number of benzene rings is 1. The average Bonchev–Trinajstić information content (AvgIpc) is 2.39. The van der Waals surface area contributed by atoms with Crippen molar-refractivity contribution in [1.29, 1.82) is 0 Å². The van der Waals surface area contributed by atoms with Crippen molar-refractivity contribution in [3.05, 3.63) is 33.9 Å². The van der Waals surface area contributed by atoms with Crippen LogP contribution in [0.4, 0.5) is 20.2 Å². The third-order valence-corrected chi connectivity index (χ3v) is 3.06. The van der Waals surface area contributed by atoms with Gasteiger partial charge in [-0.1, -0.05) is 39.0 Å². The summed E-state index contributed by atoms with van der Waals surface area (Å²) in [6.07, 6.45) is 6.43. The second kappa shape index (κ2) is 8.45. The number of unbranched alkanes of at least 4 members (excludes halogenated alkanes) is 5. The molecule has 0 aliphatic carbocycles. The molecule has 6 heteroatoms. The molecule has 0 aliphatic rings. The zero-order valence-electron chi connectivity index (χ0n) is 11.6. The number of anilines is 1. The molecule has 0 bridgehead atoms. The van der Waals surface area contributed by atoms with E-state index in [4.69, 9.17) is 0 Å². The summed E-state index contributed by atoms with van der Waals surface area (Å²) in [5, 5.41) is 13.5. The summed E-state index contributed by atoms with van der Waals surface area (Å²) in [6, 6.07) is 1.38. The first-order valence-electron chi connectivity index (χ1n) is 6.93. The summed E-state index contributed by atoms with van der Waals surface area (Å²) in [4.78, 5) is 9.98. The van der Waals surface area contributed by atoms with Crippen molar-refractivity contribution in [2.24, 2.45) is 0 Å². The molecular formula is C14H20F2N2O2. The fraction of sp³-hybridized carbons (Fsp3) is 0.571. The van der Waals surface area contributed by atoms with Gasteiger partial charge in [0.1, 0.15) is 11.5 Å². The minimum absolute atomic E-state index is 0.232. The first-order valence-corrected chi connectivity index (χ1v) is 6.93. The normalized spacial score (nSPS) is 10.6. The van der Waals surface area contributed by atoms with Gasteiger partial charge in [0, 0.05) is 12.6 Å². The Morgan fingerprint density at radius 3 is 2.45 bits per heavy atom. The lowest BCUT2D eigenvalue weighted by molar-refractivity contribution is -0.384. The van der Waals surface area contributed by atoms with Crippen LogP contribution >= 0.6 is 0 Å². The standard InChI is InChI=1S/C14H20F2N2O2/c1-2-3-4-5-6-7-8-17-14-12(16)9-11(15)10-13(14)18(19)20/h9-10,17H,2-8H2,1H3. The second-order valence-corrected chi connectivity index (χ2v) is 4.73. The van der Waals surface area contributed by atoms with Crippen LogP contribution in [0.3, 0.4) is 0 Å². The summed E-state index contributed by atoms with van der Waals surface area (Å²) in [6.45, 7) is 2.58. The van der Waals surface area contributed by atoms with Gasteiger partial charge in [-0.25, -0.2) is 8.78 Å². The van der Waals surface area contributed by atoms with E-state index in [0.29, 0.717) is 12.6 Å². The van der Waals surface area contributed by atoms with E-state index in [9.17, 15) is 18.9 Å². The van der Waals surface area contributed by atoms with Crippen LogP contribution in [0.25, 0.3) is 0 Å². The molecule has 0 amide bonds. The topological polar surface area (TPSA) is 55.2 Å². The van der Waals surface area contributed by atoms with Gasteiger partial charge in [0.25, 0.3) is 5.69 Å². The van der Waals surface area contributed by atoms with Crippen molar-refractivity contribution in [3.63, 3.8) is 0 Å². The van der Waals surface area contributed by atoms with Crippen LogP contribution < -0.4 is 5.32 Å². The van der Waals surface area contributed by atoms with Crippen molar-refractivity contribution >= 4 is 11.4 Å². The molecule has 0 unspecified atom stereocenters. The van der Waals surface area contributed by atoms with E-state index in [1.807, 2.05) is 0 Å². The van der Waals surface area contributed by atoms with Gasteiger partial charge < -0.3 is 5.32 Å². The fourth-order valence-corrected chi connectivity index (χ4v) is 2.00. The smallest absolute Gasteiger partial charge is 0.298 e. The lowest BCUT2D eigenvalue weighted by atomic mass is 10.1. The minimum Gasteiger partial charge on any atom is -0.377 e. The predicted octanol–water partition coefficient (Wildman–Crippen LogP) is 4.65. The molecule has 0 radical (unpaired) electrons. The van der Waals surface area contributed by atoms with Gasteiger partial charge in [0.05, 0.1) is 11.0 Å². The number of hydrogen-bond acceptors (Lipinski definition) is 3. The van der Waals surface area contributed by atoms with E-state index in [1.165, 1.54) is 19.3 Å². The number of halogens is 2. The molecule has 0 aromatic heterocycles. The number of hydrogen-bond donors (Lipinski definition) is 1. The Morgan fingerprint density at radius 1 is 1.15 bits per heavy atom. The number of nitrogens with zero attached hydrogens (tertiary/aromatic N) is 1.